The Labute approximate surface area is 170 Å². The maximum absolute atomic E-state index is 13.0. The number of nitrogens with one attached hydrogen (secondary N) is 1. The molecule has 0 aliphatic carbocycles. The molecule has 0 bridgehead atoms. The van der Waals surface area contributed by atoms with Crippen molar-refractivity contribution in [1.82, 2.24) is 10.3 Å². The van der Waals surface area contributed by atoms with E-state index in [1.165, 1.54) is 0 Å². The van der Waals surface area contributed by atoms with E-state index in [0.29, 0.717) is 24.4 Å². The number of pyridine rings is 1. The molecule has 28 heavy (non-hydrogen) atoms. The van der Waals surface area contributed by atoms with Crippen LogP contribution in [-0.4, -0.2) is 24.5 Å². The van der Waals surface area contributed by atoms with Gasteiger partial charge in [-0.1, -0.05) is 41.9 Å². The first kappa shape index (κ1) is 19.9. The number of para-hydroxylation sites is 1. The third kappa shape index (κ3) is 5.33. The van der Waals surface area contributed by atoms with Gasteiger partial charge in [0.15, 0.2) is 0 Å². The molecular formula is C23H23ClN2O2. The van der Waals surface area contributed by atoms with Gasteiger partial charge in [-0.3, -0.25) is 9.78 Å². The summed E-state index contributed by atoms with van der Waals surface area (Å²) >= 11 is 6.02. The maximum Gasteiger partial charge on any atom is 0.227 e. The predicted octanol–water partition coefficient (Wildman–Crippen LogP) is 4.43. The zero-order chi connectivity index (χ0) is 19.8. The third-order valence-electron chi connectivity index (χ3n) is 4.66. The van der Waals surface area contributed by atoms with Gasteiger partial charge in [-0.15, -0.1) is 0 Å². The van der Waals surface area contributed by atoms with Crippen molar-refractivity contribution in [1.29, 1.82) is 0 Å². The van der Waals surface area contributed by atoms with Crippen molar-refractivity contribution in [3.63, 3.8) is 0 Å². The monoisotopic (exact) mass is 394 g/mol. The van der Waals surface area contributed by atoms with Crippen molar-refractivity contribution in [3.05, 3.63) is 94.8 Å². The summed E-state index contributed by atoms with van der Waals surface area (Å²) in [6.07, 6.45) is 4.80. The van der Waals surface area contributed by atoms with Gasteiger partial charge in [0, 0.05) is 24.0 Å². The molecule has 1 heterocycles. The van der Waals surface area contributed by atoms with Crippen LogP contribution in [0.4, 0.5) is 0 Å². The Bertz CT molecular complexity index is 898. The number of ether oxygens (including phenoxy) is 1. The van der Waals surface area contributed by atoms with Gasteiger partial charge in [-0.05, 0) is 59.9 Å². The first-order chi connectivity index (χ1) is 13.7. The summed E-state index contributed by atoms with van der Waals surface area (Å²) in [7, 11) is 1.66. The molecule has 0 saturated carbocycles. The molecule has 1 unspecified atom stereocenters. The minimum atomic E-state index is -0.294. The average molecular weight is 395 g/mol. The summed E-state index contributed by atoms with van der Waals surface area (Å²) in [5, 5.41) is 3.73. The molecule has 0 saturated heterocycles. The summed E-state index contributed by atoms with van der Waals surface area (Å²) in [5.74, 6) is 0.536. The first-order valence-electron chi connectivity index (χ1n) is 9.21. The van der Waals surface area contributed by atoms with E-state index in [0.717, 1.165) is 22.4 Å². The number of rotatable bonds is 8. The number of nitrogens with zero attached hydrogens (tertiary/aromatic N) is 1. The third-order valence-corrected chi connectivity index (χ3v) is 4.92. The Morgan fingerprint density at radius 3 is 2.50 bits per heavy atom. The molecule has 3 rings (SSSR count). The smallest absolute Gasteiger partial charge is 0.227 e. The second-order valence-electron chi connectivity index (χ2n) is 6.52. The molecule has 0 aliphatic rings. The predicted molar refractivity (Wildman–Crippen MR) is 112 cm³/mol. The quantitative estimate of drug-likeness (QED) is 0.615. The summed E-state index contributed by atoms with van der Waals surface area (Å²) in [6.45, 7) is 0.541. The van der Waals surface area contributed by atoms with Gasteiger partial charge in [0.1, 0.15) is 5.75 Å². The molecular weight excluding hydrogens is 372 g/mol. The lowest BCUT2D eigenvalue weighted by Crippen LogP contribution is -2.32. The van der Waals surface area contributed by atoms with Gasteiger partial charge in [-0.2, -0.15) is 0 Å². The van der Waals surface area contributed by atoms with Crippen molar-refractivity contribution in [2.45, 2.75) is 18.8 Å². The van der Waals surface area contributed by atoms with Gasteiger partial charge in [0.05, 0.1) is 13.0 Å². The highest BCUT2D eigenvalue weighted by Gasteiger charge is 2.21. The molecule has 1 aromatic heterocycles. The zero-order valence-electron chi connectivity index (χ0n) is 15.8. The number of amides is 1. The standard InChI is InChI=1S/C23H23ClN2O2/c1-28-22-5-3-2-4-19(22)12-15-26-23(27)21(16-17-10-13-25-14-11-17)18-6-8-20(24)9-7-18/h2-11,13-14,21H,12,15-16H2,1H3,(H,26,27). The topological polar surface area (TPSA) is 51.2 Å². The molecule has 5 heteroatoms. The van der Waals surface area contributed by atoms with Crippen molar-refractivity contribution in [2.24, 2.45) is 0 Å². The van der Waals surface area contributed by atoms with Gasteiger partial charge >= 0.3 is 0 Å². The molecule has 1 atom stereocenters. The number of carbonyl (C=O) groups excluding carboxylic acids is 1. The van der Waals surface area contributed by atoms with Crippen molar-refractivity contribution in [3.8, 4) is 5.75 Å². The number of hydrogen-bond acceptors (Lipinski definition) is 3. The highest BCUT2D eigenvalue weighted by atomic mass is 35.5. The molecule has 1 amide bonds. The molecule has 1 N–H and O–H groups in total. The fourth-order valence-corrected chi connectivity index (χ4v) is 3.29. The second kappa shape index (κ2) is 9.90. The van der Waals surface area contributed by atoms with E-state index in [1.54, 1.807) is 19.5 Å². The van der Waals surface area contributed by atoms with E-state index in [9.17, 15) is 4.79 Å². The van der Waals surface area contributed by atoms with Gasteiger partial charge in [-0.25, -0.2) is 0 Å². The van der Waals surface area contributed by atoms with E-state index < -0.39 is 0 Å². The van der Waals surface area contributed by atoms with Crippen molar-refractivity contribution < 1.29 is 9.53 Å². The Hall–Kier alpha value is -2.85. The molecule has 0 spiro atoms. The lowest BCUT2D eigenvalue weighted by Gasteiger charge is -2.18. The molecule has 144 valence electrons. The largest absolute Gasteiger partial charge is 0.496 e. The van der Waals surface area contributed by atoms with Crippen molar-refractivity contribution >= 4 is 17.5 Å². The van der Waals surface area contributed by atoms with Crippen LogP contribution in [-0.2, 0) is 17.6 Å². The van der Waals surface area contributed by atoms with Crippen LogP contribution in [0.25, 0.3) is 0 Å². The van der Waals surface area contributed by atoms with Crippen LogP contribution < -0.4 is 10.1 Å². The summed E-state index contributed by atoms with van der Waals surface area (Å²) in [4.78, 5) is 17.0. The molecule has 0 aliphatic heterocycles. The van der Waals surface area contributed by atoms with E-state index in [-0.39, 0.29) is 11.8 Å². The normalized spacial score (nSPS) is 11.6. The van der Waals surface area contributed by atoms with Crippen LogP contribution in [0.1, 0.15) is 22.6 Å². The number of methoxy groups -OCH3 is 1. The number of benzene rings is 2. The Morgan fingerprint density at radius 1 is 1.07 bits per heavy atom. The Balaban J connectivity index is 1.70. The Morgan fingerprint density at radius 2 is 1.79 bits per heavy atom. The number of halogens is 1. The lowest BCUT2D eigenvalue weighted by atomic mass is 9.91. The first-order valence-corrected chi connectivity index (χ1v) is 9.59. The minimum absolute atomic E-state index is 0.00553. The number of hydrogen-bond donors (Lipinski definition) is 1. The molecule has 2 aromatic carbocycles. The maximum atomic E-state index is 13.0. The zero-order valence-corrected chi connectivity index (χ0v) is 16.5. The number of carbonyl (C=O) groups is 1. The fraction of sp³-hybridized carbons (Fsp3) is 0.217. The van der Waals surface area contributed by atoms with Gasteiger partial charge < -0.3 is 10.1 Å². The number of aromatic nitrogens is 1. The van der Waals surface area contributed by atoms with Crippen LogP contribution >= 0.6 is 11.6 Å². The van der Waals surface area contributed by atoms with Crippen LogP contribution in [0.3, 0.4) is 0 Å². The van der Waals surface area contributed by atoms with Crippen LogP contribution in [0.15, 0.2) is 73.1 Å². The summed E-state index contributed by atoms with van der Waals surface area (Å²) in [5.41, 5.74) is 3.08. The molecule has 4 nitrogen and oxygen atoms in total. The van der Waals surface area contributed by atoms with Crippen LogP contribution in [0, 0.1) is 0 Å². The molecule has 0 fully saturated rings. The fourth-order valence-electron chi connectivity index (χ4n) is 3.16. The Kier molecular flexibility index (Phi) is 7.04. The van der Waals surface area contributed by atoms with Crippen LogP contribution in [0.2, 0.25) is 5.02 Å². The summed E-state index contributed by atoms with van der Waals surface area (Å²) in [6, 6.07) is 19.2. The van der Waals surface area contributed by atoms with E-state index in [4.69, 9.17) is 16.3 Å². The minimum Gasteiger partial charge on any atom is -0.496 e. The van der Waals surface area contributed by atoms with Gasteiger partial charge in [0.25, 0.3) is 0 Å². The highest BCUT2D eigenvalue weighted by Crippen LogP contribution is 2.23. The molecule has 3 aromatic rings. The molecule has 0 radical (unpaired) electrons. The average Bonchev–Trinajstić information content (AvgIpc) is 2.74. The van der Waals surface area contributed by atoms with Crippen LogP contribution in [0.5, 0.6) is 5.75 Å². The SMILES string of the molecule is COc1ccccc1CCNC(=O)C(Cc1ccncc1)c1ccc(Cl)cc1. The van der Waals surface area contributed by atoms with E-state index >= 15 is 0 Å². The van der Waals surface area contributed by atoms with Gasteiger partial charge in [0.2, 0.25) is 5.91 Å². The second-order valence-corrected chi connectivity index (χ2v) is 6.95. The van der Waals surface area contributed by atoms with E-state index in [2.05, 4.69) is 10.3 Å². The van der Waals surface area contributed by atoms with E-state index in [1.807, 2.05) is 60.7 Å². The lowest BCUT2D eigenvalue weighted by molar-refractivity contribution is -0.122. The van der Waals surface area contributed by atoms with Crippen molar-refractivity contribution in [2.75, 3.05) is 13.7 Å². The highest BCUT2D eigenvalue weighted by molar-refractivity contribution is 6.30. The summed E-state index contributed by atoms with van der Waals surface area (Å²) < 4.78 is 5.38.